The SMILES string of the molecule is CC(NCCN(C)Cc1ccco1)C1CC1. The van der Waals surface area contributed by atoms with Crippen molar-refractivity contribution in [2.75, 3.05) is 20.1 Å². The first-order valence-electron chi connectivity index (χ1n) is 6.20. The Hall–Kier alpha value is -0.800. The molecule has 1 heterocycles. The second-order valence-corrected chi connectivity index (χ2v) is 4.90. The summed E-state index contributed by atoms with van der Waals surface area (Å²) in [6.45, 7) is 5.32. The third kappa shape index (κ3) is 3.65. The average Bonchev–Trinajstić information content (AvgIpc) is 2.99. The molecule has 1 unspecified atom stereocenters. The molecule has 3 nitrogen and oxygen atoms in total. The molecule has 90 valence electrons. The molecule has 0 aliphatic heterocycles. The molecule has 16 heavy (non-hydrogen) atoms. The monoisotopic (exact) mass is 222 g/mol. The van der Waals surface area contributed by atoms with Gasteiger partial charge in [0.05, 0.1) is 12.8 Å². The third-order valence-electron chi connectivity index (χ3n) is 3.29. The number of nitrogens with one attached hydrogen (secondary N) is 1. The molecule has 1 atom stereocenters. The highest BCUT2D eigenvalue weighted by molar-refractivity contribution is 4.97. The van der Waals surface area contributed by atoms with E-state index in [-0.39, 0.29) is 0 Å². The molecule has 1 aromatic heterocycles. The van der Waals surface area contributed by atoms with Crippen LogP contribution in [0.15, 0.2) is 22.8 Å². The summed E-state index contributed by atoms with van der Waals surface area (Å²) >= 11 is 0. The Kier molecular flexibility index (Phi) is 4.02. The predicted octanol–water partition coefficient (Wildman–Crippen LogP) is 2.10. The molecular formula is C13H22N2O. The molecule has 1 aromatic rings. The molecule has 1 N–H and O–H groups in total. The Morgan fingerprint density at radius 2 is 2.38 bits per heavy atom. The van der Waals surface area contributed by atoms with Crippen molar-refractivity contribution in [3.05, 3.63) is 24.2 Å². The van der Waals surface area contributed by atoms with E-state index >= 15 is 0 Å². The van der Waals surface area contributed by atoms with Crippen LogP contribution in [-0.4, -0.2) is 31.1 Å². The highest BCUT2D eigenvalue weighted by Gasteiger charge is 2.27. The van der Waals surface area contributed by atoms with Gasteiger partial charge in [-0.15, -0.1) is 0 Å². The fourth-order valence-corrected chi connectivity index (χ4v) is 1.99. The number of nitrogens with zero attached hydrogens (tertiary/aromatic N) is 1. The maximum atomic E-state index is 5.32. The number of hydrogen-bond donors (Lipinski definition) is 1. The first kappa shape index (κ1) is 11.7. The molecule has 1 saturated carbocycles. The Bertz CT molecular complexity index is 293. The lowest BCUT2D eigenvalue weighted by Gasteiger charge is -2.18. The van der Waals surface area contributed by atoms with Gasteiger partial charge in [-0.25, -0.2) is 0 Å². The summed E-state index contributed by atoms with van der Waals surface area (Å²) in [5.74, 6) is 1.98. The smallest absolute Gasteiger partial charge is 0.117 e. The molecule has 0 radical (unpaired) electrons. The summed E-state index contributed by atoms with van der Waals surface area (Å²) in [5.41, 5.74) is 0. The zero-order valence-corrected chi connectivity index (χ0v) is 10.3. The highest BCUT2D eigenvalue weighted by atomic mass is 16.3. The van der Waals surface area contributed by atoms with E-state index in [1.165, 1.54) is 12.8 Å². The van der Waals surface area contributed by atoms with Crippen LogP contribution in [0.3, 0.4) is 0 Å². The fraction of sp³-hybridized carbons (Fsp3) is 0.692. The maximum absolute atomic E-state index is 5.32. The van der Waals surface area contributed by atoms with Crippen LogP contribution in [0.1, 0.15) is 25.5 Å². The van der Waals surface area contributed by atoms with Gasteiger partial charge in [0.2, 0.25) is 0 Å². The van der Waals surface area contributed by atoms with E-state index in [0.29, 0.717) is 6.04 Å². The maximum Gasteiger partial charge on any atom is 0.117 e. The topological polar surface area (TPSA) is 28.4 Å². The Balaban J connectivity index is 1.58. The van der Waals surface area contributed by atoms with Crippen LogP contribution in [0.5, 0.6) is 0 Å². The third-order valence-corrected chi connectivity index (χ3v) is 3.29. The van der Waals surface area contributed by atoms with Crippen LogP contribution in [-0.2, 0) is 6.54 Å². The summed E-state index contributed by atoms with van der Waals surface area (Å²) in [4.78, 5) is 2.28. The zero-order chi connectivity index (χ0) is 11.4. The summed E-state index contributed by atoms with van der Waals surface area (Å²) in [6.07, 6.45) is 4.56. The van der Waals surface area contributed by atoms with Gasteiger partial charge in [-0.2, -0.15) is 0 Å². The highest BCUT2D eigenvalue weighted by Crippen LogP contribution is 2.32. The van der Waals surface area contributed by atoms with Gasteiger partial charge in [0.25, 0.3) is 0 Å². The van der Waals surface area contributed by atoms with Crippen LogP contribution in [0.25, 0.3) is 0 Å². The predicted molar refractivity (Wildman–Crippen MR) is 65.2 cm³/mol. The standard InChI is InChI=1S/C13H22N2O/c1-11(12-5-6-12)14-7-8-15(2)10-13-4-3-9-16-13/h3-4,9,11-12,14H,5-8,10H2,1-2H3. The molecule has 3 heteroatoms. The van der Waals surface area contributed by atoms with Gasteiger partial charge in [0.1, 0.15) is 5.76 Å². The molecule has 0 spiro atoms. The minimum absolute atomic E-state index is 0.692. The van der Waals surface area contributed by atoms with Gasteiger partial charge < -0.3 is 9.73 Å². The molecule has 0 aromatic carbocycles. The van der Waals surface area contributed by atoms with Crippen molar-refractivity contribution < 1.29 is 4.42 Å². The van der Waals surface area contributed by atoms with E-state index in [2.05, 4.69) is 24.2 Å². The Morgan fingerprint density at radius 1 is 1.56 bits per heavy atom. The average molecular weight is 222 g/mol. The normalized spacial score (nSPS) is 17.9. The lowest BCUT2D eigenvalue weighted by Crippen LogP contribution is -2.35. The summed E-state index contributed by atoms with van der Waals surface area (Å²) in [5, 5.41) is 3.58. The zero-order valence-electron chi connectivity index (χ0n) is 10.3. The minimum atomic E-state index is 0.692. The fourth-order valence-electron chi connectivity index (χ4n) is 1.99. The van der Waals surface area contributed by atoms with Crippen molar-refractivity contribution in [3.8, 4) is 0 Å². The van der Waals surface area contributed by atoms with Crippen molar-refractivity contribution in [1.29, 1.82) is 0 Å². The van der Waals surface area contributed by atoms with Crippen LogP contribution < -0.4 is 5.32 Å². The van der Waals surface area contributed by atoms with Crippen LogP contribution in [0.2, 0.25) is 0 Å². The molecule has 2 rings (SSSR count). The van der Waals surface area contributed by atoms with E-state index in [0.717, 1.165) is 31.3 Å². The second kappa shape index (κ2) is 5.51. The number of rotatable bonds is 7. The molecule has 1 aliphatic carbocycles. The van der Waals surface area contributed by atoms with Crippen LogP contribution in [0, 0.1) is 5.92 Å². The minimum Gasteiger partial charge on any atom is -0.468 e. The molecular weight excluding hydrogens is 200 g/mol. The van der Waals surface area contributed by atoms with Gasteiger partial charge >= 0.3 is 0 Å². The second-order valence-electron chi connectivity index (χ2n) is 4.90. The van der Waals surface area contributed by atoms with Crippen LogP contribution >= 0.6 is 0 Å². The van der Waals surface area contributed by atoms with Crippen molar-refractivity contribution >= 4 is 0 Å². The lowest BCUT2D eigenvalue weighted by molar-refractivity contribution is 0.288. The van der Waals surface area contributed by atoms with Gasteiger partial charge in [-0.1, -0.05) is 0 Å². The molecule has 0 saturated heterocycles. The van der Waals surface area contributed by atoms with Crippen molar-refractivity contribution in [2.45, 2.75) is 32.4 Å². The van der Waals surface area contributed by atoms with Gasteiger partial charge in [-0.05, 0) is 44.9 Å². The van der Waals surface area contributed by atoms with Gasteiger partial charge in [0, 0.05) is 19.1 Å². The van der Waals surface area contributed by atoms with E-state index < -0.39 is 0 Å². The Morgan fingerprint density at radius 3 is 3.00 bits per heavy atom. The van der Waals surface area contributed by atoms with Crippen molar-refractivity contribution in [1.82, 2.24) is 10.2 Å². The van der Waals surface area contributed by atoms with E-state index in [9.17, 15) is 0 Å². The lowest BCUT2D eigenvalue weighted by atomic mass is 10.2. The summed E-state index contributed by atoms with van der Waals surface area (Å²) in [7, 11) is 2.13. The largest absolute Gasteiger partial charge is 0.468 e. The number of furan rings is 1. The number of likely N-dealkylation sites (N-methyl/N-ethyl adjacent to an activating group) is 1. The number of hydrogen-bond acceptors (Lipinski definition) is 3. The van der Waals surface area contributed by atoms with E-state index in [1.54, 1.807) is 6.26 Å². The van der Waals surface area contributed by atoms with Gasteiger partial charge in [0.15, 0.2) is 0 Å². The summed E-state index contributed by atoms with van der Waals surface area (Å²) in [6, 6.07) is 4.66. The molecule has 1 aliphatic rings. The van der Waals surface area contributed by atoms with Crippen molar-refractivity contribution in [3.63, 3.8) is 0 Å². The van der Waals surface area contributed by atoms with Crippen molar-refractivity contribution in [2.24, 2.45) is 5.92 Å². The Labute approximate surface area is 97.8 Å². The molecule has 0 amide bonds. The summed E-state index contributed by atoms with van der Waals surface area (Å²) < 4.78 is 5.32. The van der Waals surface area contributed by atoms with E-state index in [4.69, 9.17) is 4.42 Å². The van der Waals surface area contributed by atoms with E-state index in [1.807, 2.05) is 12.1 Å². The van der Waals surface area contributed by atoms with Gasteiger partial charge in [-0.3, -0.25) is 4.90 Å². The molecule has 0 bridgehead atoms. The quantitative estimate of drug-likeness (QED) is 0.766. The molecule has 1 fully saturated rings. The first-order chi connectivity index (χ1) is 7.75. The first-order valence-corrected chi connectivity index (χ1v) is 6.20. The van der Waals surface area contributed by atoms with Crippen LogP contribution in [0.4, 0.5) is 0 Å².